The number of hydrogen-bond acceptors (Lipinski definition) is 0. The van der Waals surface area contributed by atoms with Crippen molar-refractivity contribution < 1.29 is 4.39 Å². The molecule has 0 aromatic carbocycles. The molecule has 0 radical (unpaired) electrons. The van der Waals surface area contributed by atoms with Crippen LogP contribution in [0.15, 0.2) is 0 Å². The molecular weight excluding hydrogens is 139 g/mol. The van der Waals surface area contributed by atoms with Gasteiger partial charge in [0.2, 0.25) is 0 Å². The fourth-order valence-corrected chi connectivity index (χ4v) is 1.22. The second-order valence-corrected chi connectivity index (χ2v) is 3.73. The van der Waals surface area contributed by atoms with Crippen LogP contribution in [0.25, 0.3) is 0 Å². The Bertz CT molecular complexity index is 95.0. The van der Waals surface area contributed by atoms with E-state index >= 15 is 0 Å². The maximum Gasteiger partial charge on any atom is 0.100 e. The molecule has 0 aliphatic rings. The van der Waals surface area contributed by atoms with Crippen LogP contribution in [0.3, 0.4) is 0 Å². The van der Waals surface area contributed by atoms with Gasteiger partial charge in [0.25, 0.3) is 0 Å². The molecule has 0 saturated carbocycles. The van der Waals surface area contributed by atoms with Crippen LogP contribution in [-0.2, 0) is 0 Å². The molecule has 0 nitrogen and oxygen atoms in total. The van der Waals surface area contributed by atoms with Crippen LogP contribution in [0.2, 0.25) is 0 Å². The summed E-state index contributed by atoms with van der Waals surface area (Å²) in [4.78, 5) is 0. The lowest BCUT2D eigenvalue weighted by atomic mass is 9.79. The monoisotopic (exact) mass is 160 g/mol. The highest BCUT2D eigenvalue weighted by Crippen LogP contribution is 2.32. The topological polar surface area (TPSA) is 0 Å². The van der Waals surface area contributed by atoms with E-state index in [4.69, 9.17) is 0 Å². The molecule has 0 aliphatic heterocycles. The summed E-state index contributed by atoms with van der Waals surface area (Å²) >= 11 is 0. The lowest BCUT2D eigenvalue weighted by Gasteiger charge is -2.27. The van der Waals surface area contributed by atoms with E-state index in [-0.39, 0.29) is 5.41 Å². The first-order chi connectivity index (χ1) is 5.08. The first kappa shape index (κ1) is 10.9. The number of hydrogen-bond donors (Lipinski definition) is 0. The third-order valence-corrected chi connectivity index (χ3v) is 2.86. The van der Waals surface area contributed by atoms with Crippen LogP contribution in [-0.4, -0.2) is 6.17 Å². The first-order valence-corrected chi connectivity index (χ1v) is 4.72. The molecule has 0 aliphatic carbocycles. The standard InChI is InChI=1S/C10H21F/c1-5-9(11)8-10(4,6-2)7-3/h9H,5-8H2,1-4H3. The molecule has 0 N–H and O–H groups in total. The second kappa shape index (κ2) is 4.74. The van der Waals surface area contributed by atoms with Gasteiger partial charge in [-0.05, 0) is 18.3 Å². The van der Waals surface area contributed by atoms with Gasteiger partial charge in [-0.2, -0.15) is 0 Å². The van der Waals surface area contributed by atoms with Gasteiger partial charge in [0.1, 0.15) is 6.17 Å². The molecule has 0 heterocycles. The molecular formula is C10H21F. The average molecular weight is 160 g/mol. The smallest absolute Gasteiger partial charge is 0.100 e. The van der Waals surface area contributed by atoms with Gasteiger partial charge in [0.15, 0.2) is 0 Å². The quantitative estimate of drug-likeness (QED) is 0.571. The van der Waals surface area contributed by atoms with Crippen molar-refractivity contribution in [2.75, 3.05) is 0 Å². The van der Waals surface area contributed by atoms with E-state index in [0.29, 0.717) is 6.42 Å². The Hall–Kier alpha value is -0.0700. The van der Waals surface area contributed by atoms with E-state index in [1.807, 2.05) is 6.92 Å². The largest absolute Gasteiger partial charge is 0.247 e. The average Bonchev–Trinajstić information content (AvgIpc) is 2.04. The minimum atomic E-state index is -0.597. The fourth-order valence-electron chi connectivity index (χ4n) is 1.22. The van der Waals surface area contributed by atoms with Crippen molar-refractivity contribution in [2.45, 2.75) is 59.5 Å². The Labute approximate surface area is 70.2 Å². The lowest BCUT2D eigenvalue weighted by Crippen LogP contribution is -2.19. The zero-order chi connectivity index (χ0) is 8.91. The Balaban J connectivity index is 3.86. The third-order valence-electron chi connectivity index (χ3n) is 2.86. The van der Waals surface area contributed by atoms with E-state index in [9.17, 15) is 4.39 Å². The number of halogens is 1. The molecule has 0 aromatic rings. The van der Waals surface area contributed by atoms with Gasteiger partial charge in [-0.25, -0.2) is 4.39 Å². The fraction of sp³-hybridized carbons (Fsp3) is 1.00. The highest BCUT2D eigenvalue weighted by Gasteiger charge is 2.23. The summed E-state index contributed by atoms with van der Waals surface area (Å²) in [5, 5.41) is 0. The summed E-state index contributed by atoms with van der Waals surface area (Å²) in [6.45, 7) is 8.38. The van der Waals surface area contributed by atoms with Gasteiger partial charge in [-0.15, -0.1) is 0 Å². The zero-order valence-electron chi connectivity index (χ0n) is 8.28. The van der Waals surface area contributed by atoms with Gasteiger partial charge < -0.3 is 0 Å². The summed E-state index contributed by atoms with van der Waals surface area (Å²) in [5.74, 6) is 0. The third kappa shape index (κ3) is 3.74. The molecule has 0 amide bonds. The predicted molar refractivity (Wildman–Crippen MR) is 48.5 cm³/mol. The molecule has 0 bridgehead atoms. The van der Waals surface area contributed by atoms with Crippen molar-refractivity contribution >= 4 is 0 Å². The molecule has 0 spiro atoms. The Morgan fingerprint density at radius 2 is 1.64 bits per heavy atom. The second-order valence-electron chi connectivity index (χ2n) is 3.73. The van der Waals surface area contributed by atoms with Gasteiger partial charge in [0.05, 0.1) is 0 Å². The molecule has 0 fully saturated rings. The summed E-state index contributed by atoms with van der Waals surface area (Å²) in [5.41, 5.74) is 0.232. The van der Waals surface area contributed by atoms with E-state index in [1.165, 1.54) is 0 Å². The van der Waals surface area contributed by atoms with Crippen molar-refractivity contribution in [1.29, 1.82) is 0 Å². The number of rotatable bonds is 5. The summed E-state index contributed by atoms with van der Waals surface area (Å²) < 4.78 is 13.0. The highest BCUT2D eigenvalue weighted by molar-refractivity contribution is 4.74. The van der Waals surface area contributed by atoms with Crippen LogP contribution in [0.4, 0.5) is 4.39 Å². The molecule has 0 saturated heterocycles. The minimum absolute atomic E-state index is 0.232. The SMILES string of the molecule is CCC(F)CC(C)(CC)CC. The number of alkyl halides is 1. The Morgan fingerprint density at radius 1 is 1.18 bits per heavy atom. The van der Waals surface area contributed by atoms with E-state index in [1.54, 1.807) is 0 Å². The molecule has 0 aromatic heterocycles. The van der Waals surface area contributed by atoms with E-state index in [2.05, 4.69) is 20.8 Å². The van der Waals surface area contributed by atoms with Gasteiger partial charge in [-0.3, -0.25) is 0 Å². The van der Waals surface area contributed by atoms with Crippen molar-refractivity contribution in [1.82, 2.24) is 0 Å². The molecule has 1 heteroatoms. The summed E-state index contributed by atoms with van der Waals surface area (Å²) in [6, 6.07) is 0. The van der Waals surface area contributed by atoms with Crippen LogP contribution in [0, 0.1) is 5.41 Å². The van der Waals surface area contributed by atoms with Crippen LogP contribution in [0.5, 0.6) is 0 Å². The van der Waals surface area contributed by atoms with E-state index < -0.39 is 6.17 Å². The van der Waals surface area contributed by atoms with Crippen molar-refractivity contribution in [3.8, 4) is 0 Å². The van der Waals surface area contributed by atoms with Crippen molar-refractivity contribution in [2.24, 2.45) is 5.41 Å². The first-order valence-electron chi connectivity index (χ1n) is 4.72. The lowest BCUT2D eigenvalue weighted by molar-refractivity contribution is 0.175. The van der Waals surface area contributed by atoms with Crippen molar-refractivity contribution in [3.05, 3.63) is 0 Å². The van der Waals surface area contributed by atoms with E-state index in [0.717, 1.165) is 19.3 Å². The zero-order valence-corrected chi connectivity index (χ0v) is 8.28. The molecule has 68 valence electrons. The van der Waals surface area contributed by atoms with Gasteiger partial charge in [0, 0.05) is 0 Å². The van der Waals surface area contributed by atoms with Crippen LogP contribution >= 0.6 is 0 Å². The molecule has 1 unspecified atom stereocenters. The molecule has 1 atom stereocenters. The predicted octanol–water partition coefficient (Wildman–Crippen LogP) is 3.95. The maximum absolute atomic E-state index is 13.0. The van der Waals surface area contributed by atoms with Gasteiger partial charge in [-0.1, -0.05) is 40.5 Å². The Kier molecular flexibility index (Phi) is 4.71. The minimum Gasteiger partial charge on any atom is -0.247 e. The van der Waals surface area contributed by atoms with Crippen LogP contribution in [0.1, 0.15) is 53.4 Å². The normalized spacial score (nSPS) is 15.0. The van der Waals surface area contributed by atoms with Crippen LogP contribution < -0.4 is 0 Å². The Morgan fingerprint density at radius 3 is 1.91 bits per heavy atom. The molecule has 11 heavy (non-hydrogen) atoms. The highest BCUT2D eigenvalue weighted by atomic mass is 19.1. The van der Waals surface area contributed by atoms with Crippen molar-refractivity contribution in [3.63, 3.8) is 0 Å². The summed E-state index contributed by atoms with van der Waals surface area (Å²) in [6.07, 6.45) is 2.97. The molecule has 0 rings (SSSR count). The van der Waals surface area contributed by atoms with Gasteiger partial charge >= 0.3 is 0 Å². The maximum atomic E-state index is 13.0. The summed E-state index contributed by atoms with van der Waals surface area (Å²) in [7, 11) is 0.